The lowest BCUT2D eigenvalue weighted by Gasteiger charge is -2.26. The Morgan fingerprint density at radius 2 is 1.73 bits per heavy atom. The summed E-state index contributed by atoms with van der Waals surface area (Å²) in [5, 5.41) is 0. The smallest absolute Gasteiger partial charge is 0.232 e. The molecule has 0 N–H and O–H groups in total. The van der Waals surface area contributed by atoms with Gasteiger partial charge < -0.3 is 9.80 Å². The molecule has 0 spiro atoms. The second-order valence-electron chi connectivity index (χ2n) is 7.02. The average molecular weight is 354 g/mol. The van der Waals surface area contributed by atoms with Crippen LogP contribution < -0.4 is 9.80 Å². The third-order valence-corrected chi connectivity index (χ3v) is 4.86. The van der Waals surface area contributed by atoms with E-state index in [1.807, 2.05) is 38.1 Å². The minimum atomic E-state index is -0.306. The molecule has 1 aliphatic heterocycles. The second-order valence-corrected chi connectivity index (χ2v) is 7.02. The third kappa shape index (κ3) is 3.47. The molecule has 0 bridgehead atoms. The number of anilines is 2. The fourth-order valence-electron chi connectivity index (χ4n) is 3.34. The molecule has 0 unspecified atom stereocenters. The third-order valence-electron chi connectivity index (χ3n) is 4.86. The van der Waals surface area contributed by atoms with Gasteiger partial charge in [0.15, 0.2) is 0 Å². The maximum absolute atomic E-state index is 13.3. The molecule has 3 rings (SSSR count). The van der Waals surface area contributed by atoms with Gasteiger partial charge in [-0.05, 0) is 35.7 Å². The summed E-state index contributed by atoms with van der Waals surface area (Å²) >= 11 is 0. The van der Waals surface area contributed by atoms with Crippen LogP contribution in [-0.4, -0.2) is 18.4 Å². The van der Waals surface area contributed by atoms with Gasteiger partial charge in [0.2, 0.25) is 11.8 Å². The van der Waals surface area contributed by atoms with Gasteiger partial charge >= 0.3 is 0 Å². The lowest BCUT2D eigenvalue weighted by molar-refractivity contribution is -0.123. The predicted octanol–water partition coefficient (Wildman–Crippen LogP) is 4.00. The number of benzene rings is 2. The summed E-state index contributed by atoms with van der Waals surface area (Å²) in [5.41, 5.74) is 2.28. The zero-order valence-electron chi connectivity index (χ0n) is 15.3. The first-order valence-electron chi connectivity index (χ1n) is 8.81. The number of hydrogen-bond donors (Lipinski definition) is 0. The Morgan fingerprint density at radius 1 is 1.12 bits per heavy atom. The van der Waals surface area contributed by atoms with Crippen LogP contribution in [0.3, 0.4) is 0 Å². The van der Waals surface area contributed by atoms with Crippen molar-refractivity contribution in [2.45, 2.75) is 27.3 Å². The molecular formula is C21H23FN2O2. The summed E-state index contributed by atoms with van der Waals surface area (Å²) in [6, 6.07) is 13.6. The number of fused-ring (bicyclic) bond motifs is 1. The fourth-order valence-corrected chi connectivity index (χ4v) is 3.34. The van der Waals surface area contributed by atoms with Gasteiger partial charge in [0.25, 0.3) is 0 Å². The first-order valence-corrected chi connectivity index (χ1v) is 8.81. The van der Waals surface area contributed by atoms with E-state index in [1.165, 1.54) is 19.1 Å². The molecule has 2 aromatic rings. The molecule has 0 aliphatic carbocycles. The van der Waals surface area contributed by atoms with Gasteiger partial charge in [-0.2, -0.15) is 0 Å². The van der Waals surface area contributed by atoms with Crippen LogP contribution in [0.5, 0.6) is 0 Å². The van der Waals surface area contributed by atoms with Crippen molar-refractivity contribution in [3.05, 3.63) is 59.9 Å². The van der Waals surface area contributed by atoms with Crippen LogP contribution >= 0.6 is 0 Å². The van der Waals surface area contributed by atoms with E-state index in [4.69, 9.17) is 0 Å². The van der Waals surface area contributed by atoms with E-state index in [-0.39, 0.29) is 29.5 Å². The van der Waals surface area contributed by atoms with Gasteiger partial charge in [-0.25, -0.2) is 4.39 Å². The van der Waals surface area contributed by atoms with Crippen molar-refractivity contribution < 1.29 is 14.0 Å². The van der Waals surface area contributed by atoms with E-state index in [2.05, 4.69) is 0 Å². The van der Waals surface area contributed by atoms with Gasteiger partial charge in [0, 0.05) is 13.5 Å². The van der Waals surface area contributed by atoms with Crippen molar-refractivity contribution in [1.29, 1.82) is 0 Å². The summed E-state index contributed by atoms with van der Waals surface area (Å²) in [6.07, 6.45) is 0. The van der Waals surface area contributed by atoms with Crippen molar-refractivity contribution in [2.24, 2.45) is 11.8 Å². The highest BCUT2D eigenvalue weighted by Gasteiger charge is 2.36. The predicted molar refractivity (Wildman–Crippen MR) is 100 cm³/mol. The summed E-state index contributed by atoms with van der Waals surface area (Å²) in [6.45, 7) is 6.21. The molecule has 0 radical (unpaired) electrons. The fraction of sp³-hybridized carbons (Fsp3) is 0.333. The number of carbonyl (C=O) groups excluding carboxylic acids is 2. The highest BCUT2D eigenvalue weighted by atomic mass is 19.1. The molecule has 1 aliphatic rings. The van der Waals surface area contributed by atoms with E-state index >= 15 is 0 Å². The lowest BCUT2D eigenvalue weighted by Crippen LogP contribution is -2.41. The van der Waals surface area contributed by atoms with E-state index in [1.54, 1.807) is 21.9 Å². The Labute approximate surface area is 153 Å². The van der Waals surface area contributed by atoms with Crippen molar-refractivity contribution in [1.82, 2.24) is 0 Å². The van der Waals surface area contributed by atoms with Gasteiger partial charge in [-0.15, -0.1) is 0 Å². The molecule has 0 aromatic heterocycles. The summed E-state index contributed by atoms with van der Waals surface area (Å²) in [7, 11) is 0. The Morgan fingerprint density at radius 3 is 2.31 bits per heavy atom. The Balaban J connectivity index is 2.08. The maximum Gasteiger partial charge on any atom is 0.232 e. The first-order chi connectivity index (χ1) is 12.4. The highest BCUT2D eigenvalue weighted by Crippen LogP contribution is 2.36. The van der Waals surface area contributed by atoms with E-state index in [9.17, 15) is 14.0 Å². The van der Waals surface area contributed by atoms with Gasteiger partial charge in [-0.1, -0.05) is 38.1 Å². The second kappa shape index (κ2) is 7.28. The molecule has 136 valence electrons. The van der Waals surface area contributed by atoms with Crippen molar-refractivity contribution in [3.63, 3.8) is 0 Å². The van der Waals surface area contributed by atoms with Crippen LogP contribution in [0.1, 0.15) is 26.3 Å². The normalized spacial score (nSPS) is 17.3. The number of nitrogens with zero attached hydrogens (tertiary/aromatic N) is 2. The lowest BCUT2D eigenvalue weighted by atomic mass is 9.94. The molecule has 1 heterocycles. The summed E-state index contributed by atoms with van der Waals surface area (Å²) in [4.78, 5) is 29.0. The molecule has 4 nitrogen and oxygen atoms in total. The molecule has 0 fully saturated rings. The zero-order valence-corrected chi connectivity index (χ0v) is 15.3. The number of rotatable bonds is 3. The number of amides is 2. The monoisotopic (exact) mass is 354 g/mol. The SMILES string of the molecule is CC(=O)N1C[C@H](C(C)C)C(=O)N(Cc2ccc(F)cc2)c2ccccc21. The molecule has 5 heteroatoms. The highest BCUT2D eigenvalue weighted by molar-refractivity contribution is 6.05. The number of para-hydroxylation sites is 2. The maximum atomic E-state index is 13.3. The standard InChI is InChI=1S/C21H23FN2O2/c1-14(2)18-13-23(15(3)25)19-6-4-5-7-20(19)24(21(18)26)12-16-8-10-17(22)11-9-16/h4-11,14,18H,12-13H2,1-3H3/t18-/m1/s1. The number of carbonyl (C=O) groups is 2. The van der Waals surface area contributed by atoms with E-state index in [0.29, 0.717) is 18.8 Å². The summed E-state index contributed by atoms with van der Waals surface area (Å²) in [5.74, 6) is -0.611. The van der Waals surface area contributed by atoms with Crippen molar-refractivity contribution in [2.75, 3.05) is 16.3 Å². The van der Waals surface area contributed by atoms with Crippen molar-refractivity contribution in [3.8, 4) is 0 Å². The molecule has 26 heavy (non-hydrogen) atoms. The van der Waals surface area contributed by atoms with Crippen LogP contribution in [0, 0.1) is 17.7 Å². The van der Waals surface area contributed by atoms with Crippen LogP contribution in [0.15, 0.2) is 48.5 Å². The minimum absolute atomic E-state index is 0.0134. The van der Waals surface area contributed by atoms with Crippen LogP contribution in [0.25, 0.3) is 0 Å². The van der Waals surface area contributed by atoms with Crippen LogP contribution in [-0.2, 0) is 16.1 Å². The van der Waals surface area contributed by atoms with Gasteiger partial charge in [-0.3, -0.25) is 9.59 Å². The Bertz CT molecular complexity index is 817. The molecule has 1 atom stereocenters. The molecule has 2 aromatic carbocycles. The van der Waals surface area contributed by atoms with Crippen LogP contribution in [0.4, 0.5) is 15.8 Å². The van der Waals surface area contributed by atoms with Gasteiger partial charge in [0.1, 0.15) is 5.82 Å². The molecule has 0 saturated heterocycles. The molecule has 0 saturated carbocycles. The zero-order chi connectivity index (χ0) is 18.8. The average Bonchev–Trinajstić information content (AvgIpc) is 2.72. The van der Waals surface area contributed by atoms with Crippen molar-refractivity contribution >= 4 is 23.2 Å². The summed E-state index contributed by atoms with van der Waals surface area (Å²) < 4.78 is 13.2. The van der Waals surface area contributed by atoms with E-state index < -0.39 is 0 Å². The topological polar surface area (TPSA) is 40.6 Å². The first kappa shape index (κ1) is 18.1. The minimum Gasteiger partial charge on any atom is -0.310 e. The quantitative estimate of drug-likeness (QED) is 0.836. The van der Waals surface area contributed by atoms with E-state index in [0.717, 1.165) is 11.3 Å². The number of halogens is 1. The molecule has 2 amide bonds. The van der Waals surface area contributed by atoms with Crippen LogP contribution in [0.2, 0.25) is 0 Å². The number of hydrogen-bond acceptors (Lipinski definition) is 2. The Kier molecular flexibility index (Phi) is 5.07. The largest absolute Gasteiger partial charge is 0.310 e. The molecular weight excluding hydrogens is 331 g/mol. The van der Waals surface area contributed by atoms with Gasteiger partial charge in [0.05, 0.1) is 23.8 Å². The Hall–Kier alpha value is -2.69.